The Hall–Kier alpha value is -0.830. The predicted octanol–water partition coefficient (Wildman–Crippen LogP) is 0.775. The molecule has 0 radical (unpaired) electrons. The second kappa shape index (κ2) is 4.21. The monoisotopic (exact) mass is 261 g/mol. The highest BCUT2D eigenvalue weighted by Crippen LogP contribution is 2.31. The molecule has 0 saturated carbocycles. The molecule has 1 heterocycles. The molecule has 9 heteroatoms. The maximum atomic E-state index is 12.2. The molecule has 1 unspecified atom stereocenters. The number of aliphatic carboxylic acids is 1. The van der Waals surface area contributed by atoms with Crippen molar-refractivity contribution >= 4 is 16.0 Å². The van der Waals surface area contributed by atoms with Gasteiger partial charge in [0, 0.05) is 6.54 Å². The molecule has 0 aromatic rings. The number of alkyl halides is 3. The summed E-state index contributed by atoms with van der Waals surface area (Å²) in [6.07, 6.45) is 0.546. The molecular formula is C7H10F3NO4S. The van der Waals surface area contributed by atoms with Crippen molar-refractivity contribution in [2.45, 2.75) is 30.8 Å². The lowest BCUT2D eigenvalue weighted by atomic mass is 10.1. The van der Waals surface area contributed by atoms with Gasteiger partial charge in [-0.2, -0.15) is 17.5 Å². The zero-order valence-corrected chi connectivity index (χ0v) is 8.88. The van der Waals surface area contributed by atoms with Crippen LogP contribution in [0.25, 0.3) is 0 Å². The van der Waals surface area contributed by atoms with Gasteiger partial charge in [0.05, 0.1) is 0 Å². The van der Waals surface area contributed by atoms with Crippen LogP contribution in [0.15, 0.2) is 0 Å². The SMILES string of the molecule is O=C(O)C1CCCCN1S(=O)(=O)C(F)(F)F. The largest absolute Gasteiger partial charge is 0.511 e. The van der Waals surface area contributed by atoms with Crippen LogP contribution in [0.3, 0.4) is 0 Å². The average Bonchev–Trinajstić information content (AvgIpc) is 2.16. The zero-order chi connectivity index (χ0) is 12.6. The van der Waals surface area contributed by atoms with Crippen LogP contribution in [-0.2, 0) is 14.8 Å². The predicted molar refractivity (Wildman–Crippen MR) is 47.0 cm³/mol. The molecule has 0 spiro atoms. The Labute approximate surface area is 89.9 Å². The van der Waals surface area contributed by atoms with Crippen molar-refractivity contribution in [1.82, 2.24) is 4.31 Å². The summed E-state index contributed by atoms with van der Waals surface area (Å²) in [5.41, 5.74) is -5.45. The highest BCUT2D eigenvalue weighted by atomic mass is 32.2. The van der Waals surface area contributed by atoms with E-state index in [1.165, 1.54) is 0 Å². The molecule has 1 fully saturated rings. The molecule has 5 nitrogen and oxygen atoms in total. The summed E-state index contributed by atoms with van der Waals surface area (Å²) >= 11 is 0. The average molecular weight is 261 g/mol. The normalized spacial score (nSPS) is 24.3. The highest BCUT2D eigenvalue weighted by Gasteiger charge is 2.53. The third-order valence-electron chi connectivity index (χ3n) is 2.34. The molecule has 1 rings (SSSR count). The van der Waals surface area contributed by atoms with Gasteiger partial charge >= 0.3 is 21.5 Å². The Balaban J connectivity index is 3.05. The lowest BCUT2D eigenvalue weighted by Gasteiger charge is -2.32. The van der Waals surface area contributed by atoms with Crippen molar-refractivity contribution < 1.29 is 31.5 Å². The van der Waals surface area contributed by atoms with Crippen LogP contribution in [0, 0.1) is 0 Å². The van der Waals surface area contributed by atoms with E-state index in [-0.39, 0.29) is 17.1 Å². The van der Waals surface area contributed by atoms with E-state index in [4.69, 9.17) is 5.11 Å². The summed E-state index contributed by atoms with van der Waals surface area (Å²) in [6.45, 7) is -0.404. The minimum absolute atomic E-state index is 0.0266. The Morgan fingerprint density at radius 1 is 1.31 bits per heavy atom. The van der Waals surface area contributed by atoms with E-state index in [2.05, 4.69) is 0 Å². The van der Waals surface area contributed by atoms with E-state index in [9.17, 15) is 26.4 Å². The number of hydrogen-bond acceptors (Lipinski definition) is 3. The number of carbonyl (C=O) groups is 1. The van der Waals surface area contributed by atoms with Gasteiger partial charge in [-0.15, -0.1) is 0 Å². The van der Waals surface area contributed by atoms with Crippen LogP contribution >= 0.6 is 0 Å². The first kappa shape index (κ1) is 13.2. The maximum Gasteiger partial charge on any atom is 0.511 e. The number of halogens is 3. The Morgan fingerprint density at radius 2 is 1.88 bits per heavy atom. The first-order chi connectivity index (χ1) is 7.18. The van der Waals surface area contributed by atoms with E-state index in [0.717, 1.165) is 0 Å². The van der Waals surface area contributed by atoms with Crippen molar-refractivity contribution in [2.24, 2.45) is 0 Å². The van der Waals surface area contributed by atoms with E-state index >= 15 is 0 Å². The molecular weight excluding hydrogens is 251 g/mol. The summed E-state index contributed by atoms with van der Waals surface area (Å²) in [4.78, 5) is 10.7. The molecule has 1 saturated heterocycles. The van der Waals surface area contributed by atoms with Crippen LogP contribution in [0.5, 0.6) is 0 Å². The molecule has 0 aliphatic carbocycles. The molecule has 1 N–H and O–H groups in total. The lowest BCUT2D eigenvalue weighted by Crippen LogP contribution is -2.52. The van der Waals surface area contributed by atoms with Gasteiger partial charge in [-0.05, 0) is 19.3 Å². The van der Waals surface area contributed by atoms with Crippen LogP contribution in [0.4, 0.5) is 13.2 Å². The number of carboxylic acids is 1. The number of piperidine rings is 1. The second-order valence-corrected chi connectivity index (χ2v) is 5.29. The van der Waals surface area contributed by atoms with Gasteiger partial charge in [0.25, 0.3) is 0 Å². The fourth-order valence-electron chi connectivity index (χ4n) is 1.57. The van der Waals surface area contributed by atoms with Gasteiger partial charge < -0.3 is 5.11 Å². The van der Waals surface area contributed by atoms with Crippen molar-refractivity contribution in [3.05, 3.63) is 0 Å². The summed E-state index contributed by atoms with van der Waals surface area (Å²) in [5, 5.41) is 8.66. The molecule has 1 atom stereocenters. The van der Waals surface area contributed by atoms with Crippen molar-refractivity contribution in [1.29, 1.82) is 0 Å². The quantitative estimate of drug-likeness (QED) is 0.797. The fourth-order valence-corrected chi connectivity index (χ4v) is 2.74. The van der Waals surface area contributed by atoms with E-state index in [1.807, 2.05) is 0 Å². The maximum absolute atomic E-state index is 12.2. The third kappa shape index (κ3) is 2.29. The number of carboxylic acid groups (broad SMARTS) is 1. The van der Waals surface area contributed by atoms with Crippen LogP contribution in [0.2, 0.25) is 0 Å². The molecule has 1 aliphatic heterocycles. The van der Waals surface area contributed by atoms with Gasteiger partial charge in [0.15, 0.2) is 0 Å². The topological polar surface area (TPSA) is 74.7 Å². The molecule has 0 aromatic heterocycles. The van der Waals surface area contributed by atoms with Gasteiger partial charge in [-0.1, -0.05) is 0 Å². The standard InChI is InChI=1S/C7H10F3NO4S/c8-7(9,10)16(14,15)11-4-2-1-3-5(11)6(12)13/h5H,1-4H2,(H,12,13). The van der Waals surface area contributed by atoms with Gasteiger partial charge in [-0.3, -0.25) is 4.79 Å². The number of nitrogens with zero attached hydrogens (tertiary/aromatic N) is 1. The van der Waals surface area contributed by atoms with Crippen LogP contribution in [0.1, 0.15) is 19.3 Å². The molecule has 0 amide bonds. The van der Waals surface area contributed by atoms with E-state index < -0.39 is 34.1 Å². The van der Waals surface area contributed by atoms with Crippen LogP contribution in [-0.4, -0.2) is 41.9 Å². The smallest absolute Gasteiger partial charge is 0.480 e. The minimum atomic E-state index is -5.54. The molecule has 1 aliphatic rings. The summed E-state index contributed by atoms with van der Waals surface area (Å²) in [7, 11) is -5.54. The van der Waals surface area contributed by atoms with E-state index in [0.29, 0.717) is 6.42 Å². The second-order valence-electron chi connectivity index (χ2n) is 3.41. The van der Waals surface area contributed by atoms with Gasteiger partial charge in [0.1, 0.15) is 6.04 Å². The van der Waals surface area contributed by atoms with Gasteiger partial charge in [-0.25, -0.2) is 8.42 Å². The summed E-state index contributed by atoms with van der Waals surface area (Å²) < 4.78 is 58.8. The summed E-state index contributed by atoms with van der Waals surface area (Å²) in [6, 6.07) is -1.61. The first-order valence-electron chi connectivity index (χ1n) is 4.49. The third-order valence-corrected chi connectivity index (χ3v) is 3.98. The molecule has 16 heavy (non-hydrogen) atoms. The Morgan fingerprint density at radius 3 is 2.31 bits per heavy atom. The lowest BCUT2D eigenvalue weighted by molar-refractivity contribution is -0.142. The fraction of sp³-hybridized carbons (Fsp3) is 0.857. The molecule has 94 valence electrons. The van der Waals surface area contributed by atoms with Gasteiger partial charge in [0.2, 0.25) is 0 Å². The van der Waals surface area contributed by atoms with Crippen molar-refractivity contribution in [3.8, 4) is 0 Å². The van der Waals surface area contributed by atoms with Crippen molar-refractivity contribution in [3.63, 3.8) is 0 Å². The number of rotatable bonds is 2. The number of hydrogen-bond donors (Lipinski definition) is 1. The summed E-state index contributed by atoms with van der Waals surface area (Å²) in [5.74, 6) is -1.55. The molecule has 0 bridgehead atoms. The van der Waals surface area contributed by atoms with E-state index in [1.54, 1.807) is 0 Å². The number of sulfonamides is 1. The highest BCUT2D eigenvalue weighted by molar-refractivity contribution is 7.90. The minimum Gasteiger partial charge on any atom is -0.480 e. The molecule has 0 aromatic carbocycles. The first-order valence-corrected chi connectivity index (χ1v) is 5.93. The Kier molecular flexibility index (Phi) is 3.48. The zero-order valence-electron chi connectivity index (χ0n) is 8.07. The van der Waals surface area contributed by atoms with Crippen LogP contribution < -0.4 is 0 Å². The Bertz CT molecular complexity index is 378. The van der Waals surface area contributed by atoms with Crippen molar-refractivity contribution in [2.75, 3.05) is 6.54 Å².